The van der Waals surface area contributed by atoms with Crippen LogP contribution in [0.2, 0.25) is 0 Å². The maximum absolute atomic E-state index is 11.8. The SMILES string of the molecule is CCCCc1nc(CN2CCCC(N3CCNC3=O)C2)no1. The highest BCUT2D eigenvalue weighted by atomic mass is 16.5. The van der Waals surface area contributed by atoms with Crippen molar-refractivity contribution in [3.8, 4) is 0 Å². The highest BCUT2D eigenvalue weighted by Crippen LogP contribution is 2.19. The molecule has 2 aliphatic heterocycles. The minimum atomic E-state index is 0.0771. The van der Waals surface area contributed by atoms with E-state index in [2.05, 4.69) is 27.3 Å². The molecule has 0 spiro atoms. The number of hydrogen-bond donors (Lipinski definition) is 1. The second kappa shape index (κ2) is 7.09. The van der Waals surface area contributed by atoms with Crippen molar-refractivity contribution >= 4 is 6.03 Å². The number of aromatic nitrogens is 2. The Bertz CT molecular complexity index is 504. The zero-order valence-electron chi connectivity index (χ0n) is 13.3. The van der Waals surface area contributed by atoms with Gasteiger partial charge >= 0.3 is 6.03 Å². The second-order valence-electron chi connectivity index (χ2n) is 6.16. The van der Waals surface area contributed by atoms with E-state index in [1.54, 1.807) is 0 Å². The molecule has 0 bridgehead atoms. The van der Waals surface area contributed by atoms with Crippen molar-refractivity contribution in [2.24, 2.45) is 0 Å². The first-order chi connectivity index (χ1) is 10.8. The van der Waals surface area contributed by atoms with Gasteiger partial charge in [-0.1, -0.05) is 18.5 Å². The number of likely N-dealkylation sites (tertiary alicyclic amines) is 1. The van der Waals surface area contributed by atoms with E-state index < -0.39 is 0 Å². The van der Waals surface area contributed by atoms with Crippen LogP contribution in [0.15, 0.2) is 4.52 Å². The van der Waals surface area contributed by atoms with Crippen LogP contribution in [0.3, 0.4) is 0 Å². The molecule has 0 saturated carbocycles. The predicted octanol–water partition coefficient (Wildman–Crippen LogP) is 1.40. The molecule has 2 saturated heterocycles. The summed E-state index contributed by atoms with van der Waals surface area (Å²) in [6, 6.07) is 0.385. The van der Waals surface area contributed by atoms with Gasteiger partial charge in [0.05, 0.1) is 6.54 Å². The molecule has 1 unspecified atom stereocenters. The van der Waals surface area contributed by atoms with Gasteiger partial charge in [-0.25, -0.2) is 4.79 Å². The molecule has 3 rings (SSSR count). The standard InChI is InChI=1S/C15H25N5O2/c1-2-3-6-14-17-13(18-22-14)11-19-8-4-5-12(10-19)20-9-7-16-15(20)21/h12H,2-11H2,1H3,(H,16,21). The molecule has 2 fully saturated rings. The Morgan fingerprint density at radius 2 is 2.32 bits per heavy atom. The van der Waals surface area contributed by atoms with E-state index in [0.29, 0.717) is 12.6 Å². The zero-order valence-corrected chi connectivity index (χ0v) is 13.3. The maximum Gasteiger partial charge on any atom is 0.317 e. The summed E-state index contributed by atoms with van der Waals surface area (Å²) in [6.45, 7) is 6.37. The predicted molar refractivity (Wildman–Crippen MR) is 81.3 cm³/mol. The van der Waals surface area contributed by atoms with Crippen LogP contribution in [-0.2, 0) is 13.0 Å². The van der Waals surface area contributed by atoms with E-state index in [9.17, 15) is 4.79 Å². The fourth-order valence-electron chi connectivity index (χ4n) is 3.25. The van der Waals surface area contributed by atoms with Gasteiger partial charge in [-0.3, -0.25) is 4.90 Å². The van der Waals surface area contributed by atoms with Crippen molar-refractivity contribution in [2.75, 3.05) is 26.2 Å². The number of nitrogens with zero attached hydrogens (tertiary/aromatic N) is 4. The van der Waals surface area contributed by atoms with E-state index in [0.717, 1.165) is 70.0 Å². The van der Waals surface area contributed by atoms with Gasteiger partial charge < -0.3 is 14.7 Å². The average molecular weight is 307 g/mol. The molecule has 7 heteroatoms. The molecule has 122 valence electrons. The van der Waals surface area contributed by atoms with Crippen LogP contribution in [0, 0.1) is 0 Å². The minimum absolute atomic E-state index is 0.0771. The lowest BCUT2D eigenvalue weighted by molar-refractivity contribution is 0.119. The van der Waals surface area contributed by atoms with Gasteiger partial charge in [0.25, 0.3) is 0 Å². The number of carbonyl (C=O) groups excluding carboxylic acids is 1. The normalized spacial score (nSPS) is 23.0. The number of urea groups is 1. The van der Waals surface area contributed by atoms with Crippen LogP contribution in [0.4, 0.5) is 4.79 Å². The fraction of sp³-hybridized carbons (Fsp3) is 0.800. The molecular weight excluding hydrogens is 282 g/mol. The third kappa shape index (κ3) is 3.58. The van der Waals surface area contributed by atoms with Crippen molar-refractivity contribution in [1.82, 2.24) is 25.3 Å². The third-order valence-electron chi connectivity index (χ3n) is 4.43. The molecule has 3 heterocycles. The first-order valence-corrected chi connectivity index (χ1v) is 8.34. The summed E-state index contributed by atoms with van der Waals surface area (Å²) in [6.07, 6.45) is 5.26. The molecule has 2 amide bonds. The van der Waals surface area contributed by atoms with E-state index in [1.165, 1.54) is 0 Å². The lowest BCUT2D eigenvalue weighted by Crippen LogP contribution is -2.48. The average Bonchev–Trinajstić information content (AvgIpc) is 3.14. The summed E-state index contributed by atoms with van der Waals surface area (Å²) < 4.78 is 5.29. The summed E-state index contributed by atoms with van der Waals surface area (Å²) in [5.74, 6) is 1.50. The van der Waals surface area contributed by atoms with Crippen molar-refractivity contribution in [3.63, 3.8) is 0 Å². The largest absolute Gasteiger partial charge is 0.339 e. The van der Waals surface area contributed by atoms with Crippen molar-refractivity contribution in [3.05, 3.63) is 11.7 Å². The molecular formula is C15H25N5O2. The molecule has 22 heavy (non-hydrogen) atoms. The van der Waals surface area contributed by atoms with E-state index in [-0.39, 0.29) is 6.03 Å². The second-order valence-corrected chi connectivity index (χ2v) is 6.16. The number of hydrogen-bond acceptors (Lipinski definition) is 5. The van der Waals surface area contributed by atoms with Gasteiger partial charge in [0.1, 0.15) is 0 Å². The molecule has 1 aromatic heterocycles. The number of rotatable bonds is 6. The highest BCUT2D eigenvalue weighted by Gasteiger charge is 2.31. The Morgan fingerprint density at radius 3 is 3.09 bits per heavy atom. The summed E-state index contributed by atoms with van der Waals surface area (Å²) in [4.78, 5) is 20.6. The van der Waals surface area contributed by atoms with Crippen LogP contribution in [0.25, 0.3) is 0 Å². The number of carbonyl (C=O) groups is 1. The Balaban J connectivity index is 1.53. The van der Waals surface area contributed by atoms with Crippen LogP contribution in [-0.4, -0.2) is 58.2 Å². The van der Waals surface area contributed by atoms with Crippen molar-refractivity contribution in [2.45, 2.75) is 51.6 Å². The Labute approximate surface area is 131 Å². The number of aryl methyl sites for hydroxylation is 1. The van der Waals surface area contributed by atoms with E-state index in [4.69, 9.17) is 4.52 Å². The highest BCUT2D eigenvalue weighted by molar-refractivity contribution is 5.76. The third-order valence-corrected chi connectivity index (χ3v) is 4.43. The quantitative estimate of drug-likeness (QED) is 0.860. The topological polar surface area (TPSA) is 74.5 Å². The first-order valence-electron chi connectivity index (χ1n) is 8.34. The van der Waals surface area contributed by atoms with Crippen LogP contribution in [0.1, 0.15) is 44.3 Å². The zero-order chi connectivity index (χ0) is 15.4. The molecule has 2 aliphatic rings. The monoisotopic (exact) mass is 307 g/mol. The van der Waals surface area contributed by atoms with Gasteiger partial charge in [0.2, 0.25) is 5.89 Å². The maximum atomic E-state index is 11.8. The summed E-state index contributed by atoms with van der Waals surface area (Å²) in [7, 11) is 0. The smallest absolute Gasteiger partial charge is 0.317 e. The molecule has 1 N–H and O–H groups in total. The molecule has 7 nitrogen and oxygen atoms in total. The lowest BCUT2D eigenvalue weighted by Gasteiger charge is -2.36. The number of amides is 2. The van der Waals surface area contributed by atoms with Crippen LogP contribution in [0.5, 0.6) is 0 Å². The number of piperidine rings is 1. The summed E-state index contributed by atoms with van der Waals surface area (Å²) in [5.41, 5.74) is 0. The summed E-state index contributed by atoms with van der Waals surface area (Å²) in [5, 5.41) is 6.96. The van der Waals surface area contributed by atoms with Crippen molar-refractivity contribution < 1.29 is 9.32 Å². The minimum Gasteiger partial charge on any atom is -0.339 e. The van der Waals surface area contributed by atoms with E-state index in [1.807, 2.05) is 4.90 Å². The van der Waals surface area contributed by atoms with Gasteiger partial charge in [-0.15, -0.1) is 0 Å². The van der Waals surface area contributed by atoms with Gasteiger partial charge in [0.15, 0.2) is 5.82 Å². The number of nitrogens with one attached hydrogen (secondary N) is 1. The van der Waals surface area contributed by atoms with E-state index >= 15 is 0 Å². The number of unbranched alkanes of at least 4 members (excludes halogenated alkanes) is 1. The van der Waals surface area contributed by atoms with Crippen LogP contribution >= 0.6 is 0 Å². The first kappa shape index (κ1) is 15.3. The Morgan fingerprint density at radius 1 is 1.41 bits per heavy atom. The lowest BCUT2D eigenvalue weighted by atomic mass is 10.0. The van der Waals surface area contributed by atoms with Gasteiger partial charge in [-0.2, -0.15) is 4.98 Å². The van der Waals surface area contributed by atoms with Crippen molar-refractivity contribution in [1.29, 1.82) is 0 Å². The van der Waals surface area contributed by atoms with Crippen LogP contribution < -0.4 is 5.32 Å². The Kier molecular flexibility index (Phi) is 4.92. The molecule has 0 radical (unpaired) electrons. The molecule has 1 aromatic rings. The molecule has 0 aliphatic carbocycles. The van der Waals surface area contributed by atoms with Gasteiger partial charge in [0, 0.05) is 32.1 Å². The van der Waals surface area contributed by atoms with Gasteiger partial charge in [-0.05, 0) is 25.8 Å². The Hall–Kier alpha value is -1.63. The fourth-order valence-corrected chi connectivity index (χ4v) is 3.25. The molecule has 0 aromatic carbocycles. The summed E-state index contributed by atoms with van der Waals surface area (Å²) >= 11 is 0. The molecule has 1 atom stereocenters.